The number of nitrogens with zero attached hydrogens (tertiary/aromatic N) is 1. The standard InChI is InChI=1S/C15H15N3O3S2/c1-3-21-18-13(19)11-8-12-14(22-11)17-15(23-12)16-9-6-4-5-7-10(9)20-2/h4-8H,3H2,1-2H3,(H,16,17)(H,18,19). The minimum atomic E-state index is -0.249. The first-order chi connectivity index (χ1) is 11.2. The monoisotopic (exact) mass is 349 g/mol. The number of ether oxygens (including phenoxy) is 1. The zero-order chi connectivity index (χ0) is 16.2. The highest BCUT2D eigenvalue weighted by atomic mass is 32.1. The first-order valence-electron chi connectivity index (χ1n) is 6.93. The highest BCUT2D eigenvalue weighted by Gasteiger charge is 2.14. The number of anilines is 2. The van der Waals surface area contributed by atoms with Crippen LogP contribution in [-0.2, 0) is 4.84 Å². The number of thiazole rings is 1. The lowest BCUT2D eigenvalue weighted by molar-refractivity contribution is 0.0368. The predicted octanol–water partition coefficient (Wildman–Crippen LogP) is 3.79. The summed E-state index contributed by atoms with van der Waals surface area (Å²) >= 11 is 2.82. The number of amides is 1. The van der Waals surface area contributed by atoms with Crippen LogP contribution in [0.4, 0.5) is 10.8 Å². The number of methoxy groups -OCH3 is 1. The number of benzene rings is 1. The van der Waals surface area contributed by atoms with E-state index in [9.17, 15) is 4.79 Å². The van der Waals surface area contributed by atoms with Crippen LogP contribution in [0.25, 0.3) is 9.53 Å². The van der Waals surface area contributed by atoms with Crippen LogP contribution in [-0.4, -0.2) is 24.6 Å². The Balaban J connectivity index is 1.79. The second-order valence-corrected chi connectivity index (χ2v) is 6.55. The number of nitrogens with one attached hydrogen (secondary N) is 2. The molecule has 2 heterocycles. The van der Waals surface area contributed by atoms with E-state index in [0.29, 0.717) is 11.5 Å². The number of hydrogen-bond acceptors (Lipinski definition) is 7. The third kappa shape index (κ3) is 3.44. The van der Waals surface area contributed by atoms with Crippen molar-refractivity contribution in [3.05, 3.63) is 35.2 Å². The maximum atomic E-state index is 11.8. The van der Waals surface area contributed by atoms with Crippen LogP contribution < -0.4 is 15.5 Å². The topological polar surface area (TPSA) is 72.5 Å². The molecule has 0 unspecified atom stereocenters. The average Bonchev–Trinajstić information content (AvgIpc) is 3.11. The third-order valence-corrected chi connectivity index (χ3v) is 5.05. The van der Waals surface area contributed by atoms with Crippen molar-refractivity contribution in [2.45, 2.75) is 6.92 Å². The number of para-hydroxylation sites is 2. The van der Waals surface area contributed by atoms with Crippen molar-refractivity contribution in [1.82, 2.24) is 10.5 Å². The van der Waals surface area contributed by atoms with Crippen LogP contribution in [0.1, 0.15) is 16.6 Å². The van der Waals surface area contributed by atoms with E-state index in [2.05, 4.69) is 15.8 Å². The van der Waals surface area contributed by atoms with E-state index >= 15 is 0 Å². The molecule has 3 rings (SSSR count). The molecule has 3 aromatic rings. The Bertz CT molecular complexity index is 797. The van der Waals surface area contributed by atoms with Gasteiger partial charge < -0.3 is 10.1 Å². The van der Waals surface area contributed by atoms with Gasteiger partial charge in [-0.25, -0.2) is 10.5 Å². The van der Waals surface area contributed by atoms with Gasteiger partial charge in [-0.1, -0.05) is 23.5 Å². The van der Waals surface area contributed by atoms with Gasteiger partial charge in [-0.3, -0.25) is 9.63 Å². The summed E-state index contributed by atoms with van der Waals surface area (Å²) in [5.41, 5.74) is 3.24. The number of aromatic nitrogens is 1. The van der Waals surface area contributed by atoms with E-state index in [4.69, 9.17) is 9.57 Å². The summed E-state index contributed by atoms with van der Waals surface area (Å²) < 4.78 is 6.26. The Kier molecular flexibility index (Phi) is 4.75. The fraction of sp³-hybridized carbons (Fsp3) is 0.200. The maximum Gasteiger partial charge on any atom is 0.285 e. The average molecular weight is 349 g/mol. The van der Waals surface area contributed by atoms with Gasteiger partial charge in [0.25, 0.3) is 5.91 Å². The number of rotatable bonds is 6. The highest BCUT2D eigenvalue weighted by molar-refractivity contribution is 7.29. The molecule has 6 nitrogen and oxygen atoms in total. The van der Waals surface area contributed by atoms with Crippen molar-refractivity contribution in [2.75, 3.05) is 19.0 Å². The van der Waals surface area contributed by atoms with E-state index in [1.165, 1.54) is 22.7 Å². The van der Waals surface area contributed by atoms with Crippen LogP contribution in [0.3, 0.4) is 0 Å². The van der Waals surface area contributed by atoms with Gasteiger partial charge in [-0.15, -0.1) is 11.3 Å². The number of fused-ring (bicyclic) bond motifs is 1. The molecule has 0 saturated carbocycles. The van der Waals surface area contributed by atoms with Gasteiger partial charge in [0.2, 0.25) is 0 Å². The summed E-state index contributed by atoms with van der Waals surface area (Å²) in [6.07, 6.45) is 0. The Labute approximate surface area is 141 Å². The summed E-state index contributed by atoms with van der Waals surface area (Å²) in [7, 11) is 1.63. The quantitative estimate of drug-likeness (QED) is 0.663. The van der Waals surface area contributed by atoms with Gasteiger partial charge in [0.15, 0.2) is 5.13 Å². The molecule has 0 aliphatic heterocycles. The second kappa shape index (κ2) is 6.95. The van der Waals surface area contributed by atoms with Gasteiger partial charge in [0.1, 0.15) is 10.6 Å². The molecule has 0 radical (unpaired) electrons. The fourth-order valence-corrected chi connectivity index (χ4v) is 3.97. The second-order valence-electron chi connectivity index (χ2n) is 4.49. The van der Waals surface area contributed by atoms with Crippen LogP contribution in [0.5, 0.6) is 5.75 Å². The Morgan fingerprint density at radius 3 is 2.87 bits per heavy atom. The Morgan fingerprint density at radius 2 is 2.13 bits per heavy atom. The maximum absolute atomic E-state index is 11.8. The third-order valence-electron chi connectivity index (χ3n) is 2.97. The highest BCUT2D eigenvalue weighted by Crippen LogP contribution is 2.35. The first kappa shape index (κ1) is 15.7. The van der Waals surface area contributed by atoms with Crippen molar-refractivity contribution >= 4 is 48.9 Å². The Hall–Kier alpha value is -2.16. The summed E-state index contributed by atoms with van der Waals surface area (Å²) in [4.78, 5) is 22.7. The minimum absolute atomic E-state index is 0.249. The molecule has 1 aromatic carbocycles. The lowest BCUT2D eigenvalue weighted by atomic mass is 10.3. The predicted molar refractivity (Wildman–Crippen MR) is 92.9 cm³/mol. The van der Waals surface area contributed by atoms with Crippen molar-refractivity contribution in [3.8, 4) is 5.75 Å². The van der Waals surface area contributed by atoms with Gasteiger partial charge in [-0.2, -0.15) is 0 Å². The molecule has 8 heteroatoms. The summed E-state index contributed by atoms with van der Waals surface area (Å²) in [6, 6.07) is 9.47. The zero-order valence-electron chi connectivity index (χ0n) is 12.6. The normalized spacial score (nSPS) is 10.7. The van der Waals surface area contributed by atoms with Crippen LogP contribution in [0, 0.1) is 0 Å². The molecule has 0 atom stereocenters. The van der Waals surface area contributed by atoms with Gasteiger partial charge in [-0.05, 0) is 25.1 Å². The van der Waals surface area contributed by atoms with Crippen LogP contribution >= 0.6 is 22.7 Å². The molecule has 120 valence electrons. The summed E-state index contributed by atoms with van der Waals surface area (Å²) in [5.74, 6) is 0.504. The number of carbonyl (C=O) groups excluding carboxylic acids is 1. The number of carbonyl (C=O) groups is 1. The van der Waals surface area contributed by atoms with Crippen molar-refractivity contribution in [1.29, 1.82) is 0 Å². The van der Waals surface area contributed by atoms with E-state index in [1.807, 2.05) is 37.3 Å². The molecule has 2 N–H and O–H groups in total. The van der Waals surface area contributed by atoms with Crippen molar-refractivity contribution < 1.29 is 14.4 Å². The molecule has 0 saturated heterocycles. The lowest BCUT2D eigenvalue weighted by Crippen LogP contribution is -2.22. The number of hydrogen-bond donors (Lipinski definition) is 2. The number of thiophene rings is 1. The fourth-order valence-electron chi connectivity index (χ4n) is 1.95. The smallest absolute Gasteiger partial charge is 0.285 e. The van der Waals surface area contributed by atoms with Crippen molar-refractivity contribution in [2.24, 2.45) is 0 Å². The number of hydroxylamine groups is 1. The van der Waals surface area contributed by atoms with Crippen LogP contribution in [0.2, 0.25) is 0 Å². The summed E-state index contributed by atoms with van der Waals surface area (Å²) in [5, 5.41) is 4.00. The molecule has 23 heavy (non-hydrogen) atoms. The van der Waals surface area contributed by atoms with Gasteiger partial charge in [0, 0.05) is 0 Å². The van der Waals surface area contributed by atoms with Gasteiger partial charge >= 0.3 is 0 Å². The van der Waals surface area contributed by atoms with Crippen molar-refractivity contribution in [3.63, 3.8) is 0 Å². The molecule has 1 amide bonds. The molecule has 0 fully saturated rings. The van der Waals surface area contributed by atoms with E-state index in [1.54, 1.807) is 7.11 Å². The summed E-state index contributed by atoms with van der Waals surface area (Å²) in [6.45, 7) is 2.24. The molecule has 2 aromatic heterocycles. The van der Waals surface area contributed by atoms with E-state index in [-0.39, 0.29) is 5.91 Å². The largest absolute Gasteiger partial charge is 0.495 e. The van der Waals surface area contributed by atoms with E-state index in [0.717, 1.165) is 26.1 Å². The Morgan fingerprint density at radius 1 is 1.30 bits per heavy atom. The molecule has 0 aliphatic rings. The molecular formula is C15H15N3O3S2. The van der Waals surface area contributed by atoms with E-state index < -0.39 is 0 Å². The van der Waals surface area contributed by atoms with Crippen LogP contribution in [0.15, 0.2) is 30.3 Å². The molecule has 0 spiro atoms. The van der Waals surface area contributed by atoms with Gasteiger partial charge in [0.05, 0.1) is 29.0 Å². The minimum Gasteiger partial charge on any atom is -0.495 e. The SMILES string of the molecule is CCONC(=O)c1cc2sc(Nc3ccccc3OC)nc2s1. The molecule has 0 bridgehead atoms. The molecule has 0 aliphatic carbocycles. The zero-order valence-corrected chi connectivity index (χ0v) is 14.2. The first-order valence-corrected chi connectivity index (χ1v) is 8.57. The molecular weight excluding hydrogens is 334 g/mol. The lowest BCUT2D eigenvalue weighted by Gasteiger charge is -2.07.